The molecule has 0 radical (unpaired) electrons. The molecular weight excluding hydrogens is 412 g/mol. The monoisotopic (exact) mass is 442 g/mol. The number of aromatic nitrogens is 2. The van der Waals surface area contributed by atoms with E-state index in [-0.39, 0.29) is 0 Å². The predicted octanol–water partition coefficient (Wildman–Crippen LogP) is 5.44. The average Bonchev–Trinajstić information content (AvgIpc) is 3.38. The van der Waals surface area contributed by atoms with Gasteiger partial charge in [0.15, 0.2) is 5.84 Å². The summed E-state index contributed by atoms with van der Waals surface area (Å²) in [5.41, 5.74) is 5.93. The predicted molar refractivity (Wildman–Crippen MR) is 130 cm³/mol. The molecule has 1 fully saturated rings. The number of imidazole rings is 1. The van der Waals surface area contributed by atoms with E-state index in [0.717, 1.165) is 47.1 Å². The van der Waals surface area contributed by atoms with Gasteiger partial charge in [0, 0.05) is 25.2 Å². The molecule has 33 heavy (non-hydrogen) atoms. The first-order chi connectivity index (χ1) is 15.9. The number of hydrogen-bond acceptors (Lipinski definition) is 5. The molecule has 1 aromatic heterocycles. The first-order valence-corrected chi connectivity index (χ1v) is 11.4. The molecule has 3 heterocycles. The van der Waals surface area contributed by atoms with Crippen LogP contribution < -0.4 is 4.74 Å². The van der Waals surface area contributed by atoms with Crippen LogP contribution in [0.15, 0.2) is 65.7 Å². The summed E-state index contributed by atoms with van der Waals surface area (Å²) >= 11 is 0. The Balaban J connectivity index is 1.48. The van der Waals surface area contributed by atoms with Gasteiger partial charge in [-0.3, -0.25) is 0 Å². The first-order valence-electron chi connectivity index (χ1n) is 11.4. The minimum Gasteiger partial charge on any atom is -0.495 e. The minimum absolute atomic E-state index is 0.483. The molecule has 6 nitrogen and oxygen atoms in total. The Kier molecular flexibility index (Phi) is 5.23. The maximum atomic E-state index is 6.09. The fourth-order valence-electron chi connectivity index (χ4n) is 4.71. The van der Waals surface area contributed by atoms with Gasteiger partial charge in [-0.25, -0.2) is 4.98 Å². The standard InChI is InChI=1S/C27H30N4O2/c1-18-6-9-23(10-7-18)27(4)31-15-19(2)12-22(26(31)29-33-27)13-21-8-11-24(25(14-21)32-5)30-16-20(3)28-17-30/h6-11,13-14,16-17,19H,12,15H2,1-5H3/t19-,27?/m1/s1. The van der Waals surface area contributed by atoms with Crippen molar-refractivity contribution >= 4 is 11.9 Å². The van der Waals surface area contributed by atoms with Crippen molar-refractivity contribution in [1.82, 2.24) is 14.5 Å². The van der Waals surface area contributed by atoms with E-state index in [1.807, 2.05) is 24.0 Å². The van der Waals surface area contributed by atoms with E-state index in [4.69, 9.17) is 9.57 Å². The van der Waals surface area contributed by atoms with Crippen LogP contribution in [0.2, 0.25) is 0 Å². The zero-order chi connectivity index (χ0) is 23.2. The van der Waals surface area contributed by atoms with Crippen molar-refractivity contribution in [3.8, 4) is 11.4 Å². The maximum absolute atomic E-state index is 6.09. The number of amidine groups is 1. The third-order valence-electron chi connectivity index (χ3n) is 6.55. The van der Waals surface area contributed by atoms with E-state index in [1.54, 1.807) is 7.11 Å². The lowest BCUT2D eigenvalue weighted by Crippen LogP contribution is -2.49. The first kappa shape index (κ1) is 21.3. The summed E-state index contributed by atoms with van der Waals surface area (Å²) in [6, 6.07) is 14.8. The van der Waals surface area contributed by atoms with Crippen LogP contribution in [-0.4, -0.2) is 33.9 Å². The van der Waals surface area contributed by atoms with Crippen LogP contribution in [0.3, 0.4) is 0 Å². The molecule has 2 aromatic carbocycles. The molecule has 6 heteroatoms. The quantitative estimate of drug-likeness (QED) is 0.540. The number of rotatable bonds is 4. The van der Waals surface area contributed by atoms with Gasteiger partial charge in [-0.05, 0) is 55.5 Å². The summed E-state index contributed by atoms with van der Waals surface area (Å²) in [6.07, 6.45) is 6.96. The van der Waals surface area contributed by atoms with Crippen LogP contribution in [0.1, 0.15) is 42.7 Å². The second-order valence-corrected chi connectivity index (χ2v) is 9.30. The molecule has 0 saturated carbocycles. The van der Waals surface area contributed by atoms with E-state index in [0.29, 0.717) is 5.92 Å². The van der Waals surface area contributed by atoms with Crippen molar-refractivity contribution in [2.75, 3.05) is 13.7 Å². The second-order valence-electron chi connectivity index (χ2n) is 9.30. The summed E-state index contributed by atoms with van der Waals surface area (Å²) in [5.74, 6) is 2.21. The summed E-state index contributed by atoms with van der Waals surface area (Å²) < 4.78 is 7.69. The normalized spacial score (nSPS) is 23.3. The number of hydrogen-bond donors (Lipinski definition) is 0. The molecule has 3 aromatic rings. The van der Waals surface area contributed by atoms with E-state index < -0.39 is 5.72 Å². The van der Waals surface area contributed by atoms with Gasteiger partial charge in [-0.2, -0.15) is 0 Å². The molecule has 1 saturated heterocycles. The molecule has 0 amide bonds. The molecule has 2 aliphatic heterocycles. The van der Waals surface area contributed by atoms with Gasteiger partial charge < -0.3 is 19.0 Å². The topological polar surface area (TPSA) is 51.9 Å². The fraction of sp³-hybridized carbons (Fsp3) is 0.333. The van der Waals surface area contributed by atoms with E-state index in [1.165, 1.54) is 11.1 Å². The van der Waals surface area contributed by atoms with Crippen molar-refractivity contribution in [1.29, 1.82) is 0 Å². The molecule has 2 atom stereocenters. The highest BCUT2D eigenvalue weighted by Crippen LogP contribution is 2.41. The number of aryl methyl sites for hydroxylation is 2. The molecule has 0 bridgehead atoms. The SMILES string of the molecule is COc1cc(C=C2C[C@@H](C)CN3C2=NOC3(C)c2ccc(C)cc2)ccc1-n1cnc(C)c1. The van der Waals surface area contributed by atoms with Crippen molar-refractivity contribution in [3.63, 3.8) is 0 Å². The number of ether oxygens (including phenoxy) is 1. The van der Waals surface area contributed by atoms with Gasteiger partial charge in [-0.1, -0.05) is 48.0 Å². The molecule has 0 N–H and O–H groups in total. The number of nitrogens with zero attached hydrogens (tertiary/aromatic N) is 4. The van der Waals surface area contributed by atoms with E-state index >= 15 is 0 Å². The number of benzene rings is 2. The largest absolute Gasteiger partial charge is 0.495 e. The van der Waals surface area contributed by atoms with Gasteiger partial charge in [0.05, 0.1) is 24.8 Å². The van der Waals surface area contributed by atoms with E-state index in [9.17, 15) is 0 Å². The van der Waals surface area contributed by atoms with Crippen LogP contribution >= 0.6 is 0 Å². The van der Waals surface area contributed by atoms with E-state index in [2.05, 4.69) is 84.4 Å². The third kappa shape index (κ3) is 3.80. The van der Waals surface area contributed by atoms with Gasteiger partial charge in [0.2, 0.25) is 5.72 Å². The minimum atomic E-state index is -0.600. The lowest BCUT2D eigenvalue weighted by molar-refractivity contribution is -0.0948. The van der Waals surface area contributed by atoms with Crippen LogP contribution in [-0.2, 0) is 10.6 Å². The molecule has 1 unspecified atom stereocenters. The third-order valence-corrected chi connectivity index (χ3v) is 6.55. The Labute approximate surface area is 195 Å². The summed E-state index contributed by atoms with van der Waals surface area (Å²) in [4.78, 5) is 12.7. The number of oxime groups is 1. The van der Waals surface area contributed by atoms with Gasteiger partial charge in [0.1, 0.15) is 5.75 Å². The van der Waals surface area contributed by atoms with Crippen LogP contribution in [0.4, 0.5) is 0 Å². The highest BCUT2D eigenvalue weighted by Gasteiger charge is 2.47. The van der Waals surface area contributed by atoms with Crippen molar-refractivity contribution < 1.29 is 9.57 Å². The Morgan fingerprint density at radius 1 is 1.15 bits per heavy atom. The average molecular weight is 443 g/mol. The summed E-state index contributed by atoms with van der Waals surface area (Å²) in [7, 11) is 1.70. The van der Waals surface area contributed by atoms with Crippen molar-refractivity contribution in [2.45, 2.75) is 39.8 Å². The summed E-state index contributed by atoms with van der Waals surface area (Å²) in [6.45, 7) is 9.37. The zero-order valence-corrected chi connectivity index (χ0v) is 19.9. The molecule has 2 aliphatic rings. The molecule has 170 valence electrons. The molecule has 5 rings (SSSR count). The Morgan fingerprint density at radius 3 is 2.64 bits per heavy atom. The molecule has 0 aliphatic carbocycles. The smallest absolute Gasteiger partial charge is 0.234 e. The number of fused-ring (bicyclic) bond motifs is 1. The number of piperidine rings is 1. The highest BCUT2D eigenvalue weighted by molar-refractivity contribution is 6.03. The van der Waals surface area contributed by atoms with Crippen molar-refractivity contribution in [2.24, 2.45) is 11.1 Å². The highest BCUT2D eigenvalue weighted by atomic mass is 16.7. The molecular formula is C27H30N4O2. The van der Waals surface area contributed by atoms with Crippen LogP contribution in [0, 0.1) is 19.8 Å². The Hall–Kier alpha value is -3.54. The fourth-order valence-corrected chi connectivity index (χ4v) is 4.71. The zero-order valence-electron chi connectivity index (χ0n) is 19.9. The maximum Gasteiger partial charge on any atom is 0.234 e. The summed E-state index contributed by atoms with van der Waals surface area (Å²) in [5, 5.41) is 4.56. The van der Waals surface area contributed by atoms with Gasteiger partial charge in [0.25, 0.3) is 0 Å². The molecule has 0 spiro atoms. The number of methoxy groups -OCH3 is 1. The second kappa shape index (κ2) is 8.10. The van der Waals surface area contributed by atoms with Crippen molar-refractivity contribution in [3.05, 3.63) is 82.9 Å². The van der Waals surface area contributed by atoms with Gasteiger partial charge >= 0.3 is 0 Å². The Morgan fingerprint density at radius 2 is 1.94 bits per heavy atom. The van der Waals surface area contributed by atoms with Gasteiger partial charge in [-0.15, -0.1) is 0 Å². The lowest BCUT2D eigenvalue weighted by atomic mass is 9.90. The van der Waals surface area contributed by atoms with Crippen LogP contribution in [0.25, 0.3) is 11.8 Å². The van der Waals surface area contributed by atoms with Crippen LogP contribution in [0.5, 0.6) is 5.75 Å². The Bertz CT molecular complexity index is 1240. The lowest BCUT2D eigenvalue weighted by Gasteiger charge is -2.40.